The summed E-state index contributed by atoms with van der Waals surface area (Å²) in [4.78, 5) is 10.5. The van der Waals surface area contributed by atoms with Crippen LogP contribution in [0.2, 0.25) is 0 Å². The predicted molar refractivity (Wildman–Crippen MR) is 77.1 cm³/mol. The molecular formula is C16H17NO4. The quantitative estimate of drug-likeness (QED) is 0.780. The highest BCUT2D eigenvalue weighted by Crippen LogP contribution is 2.49. The number of hydrogen-bond donors (Lipinski definition) is 1. The Morgan fingerprint density at radius 2 is 2.24 bits per heavy atom. The Balaban J connectivity index is 2.11. The number of hydrogen-bond acceptors (Lipinski definition) is 4. The van der Waals surface area contributed by atoms with Crippen LogP contribution in [0.25, 0.3) is 6.08 Å². The van der Waals surface area contributed by atoms with Crippen LogP contribution >= 0.6 is 0 Å². The highest BCUT2D eigenvalue weighted by molar-refractivity contribution is 5.85. The van der Waals surface area contributed by atoms with Crippen molar-refractivity contribution in [2.45, 2.75) is 19.3 Å². The summed E-state index contributed by atoms with van der Waals surface area (Å²) in [6.45, 7) is 0.475. The number of carboxylic acids is 1. The van der Waals surface area contributed by atoms with Crippen LogP contribution in [0.15, 0.2) is 24.3 Å². The number of nitrogens with zero attached hydrogens (tertiary/aromatic N) is 1. The maximum atomic E-state index is 10.5. The molecule has 1 aromatic rings. The fourth-order valence-corrected chi connectivity index (χ4v) is 2.02. The number of aliphatic carboxylic acids is 1. The molecule has 5 heteroatoms. The topological polar surface area (TPSA) is 79.6 Å². The van der Waals surface area contributed by atoms with Crippen LogP contribution in [-0.4, -0.2) is 24.8 Å². The molecule has 0 atom stereocenters. The fourth-order valence-electron chi connectivity index (χ4n) is 2.02. The summed E-state index contributed by atoms with van der Waals surface area (Å²) in [7, 11) is 1.55. The number of methoxy groups -OCH3 is 1. The van der Waals surface area contributed by atoms with E-state index in [0.717, 1.165) is 24.5 Å². The normalized spacial score (nSPS) is 15.4. The van der Waals surface area contributed by atoms with Crippen LogP contribution in [0.4, 0.5) is 0 Å². The highest BCUT2D eigenvalue weighted by atomic mass is 16.5. The zero-order chi connectivity index (χ0) is 15.3. The Labute approximate surface area is 123 Å². The minimum Gasteiger partial charge on any atom is -0.493 e. The Bertz CT molecular complexity index is 597. The van der Waals surface area contributed by atoms with Gasteiger partial charge in [0.25, 0.3) is 0 Å². The second-order valence-electron chi connectivity index (χ2n) is 5.21. The maximum Gasteiger partial charge on any atom is 0.328 e. The van der Waals surface area contributed by atoms with E-state index in [0.29, 0.717) is 24.5 Å². The first-order valence-corrected chi connectivity index (χ1v) is 6.67. The van der Waals surface area contributed by atoms with Gasteiger partial charge in [-0.1, -0.05) is 6.07 Å². The molecule has 0 bridgehead atoms. The maximum absolute atomic E-state index is 10.5. The summed E-state index contributed by atoms with van der Waals surface area (Å²) in [5.74, 6) is 0.156. The van der Waals surface area contributed by atoms with Gasteiger partial charge < -0.3 is 14.6 Å². The predicted octanol–water partition coefficient (Wildman–Crippen LogP) is 2.87. The second-order valence-corrected chi connectivity index (χ2v) is 5.21. The van der Waals surface area contributed by atoms with Crippen LogP contribution in [0.1, 0.15) is 24.8 Å². The molecule has 1 N–H and O–H groups in total. The zero-order valence-corrected chi connectivity index (χ0v) is 11.8. The lowest BCUT2D eigenvalue weighted by molar-refractivity contribution is -0.131. The van der Waals surface area contributed by atoms with Crippen molar-refractivity contribution in [2.75, 3.05) is 13.7 Å². The lowest BCUT2D eigenvalue weighted by Crippen LogP contribution is -2.12. The van der Waals surface area contributed by atoms with Gasteiger partial charge in [-0.05, 0) is 36.6 Å². The molecular weight excluding hydrogens is 270 g/mol. The van der Waals surface area contributed by atoms with E-state index in [-0.39, 0.29) is 5.41 Å². The average molecular weight is 287 g/mol. The first-order valence-electron chi connectivity index (χ1n) is 6.67. The van der Waals surface area contributed by atoms with Crippen LogP contribution in [0.3, 0.4) is 0 Å². The van der Waals surface area contributed by atoms with Gasteiger partial charge in [-0.15, -0.1) is 0 Å². The molecule has 21 heavy (non-hydrogen) atoms. The summed E-state index contributed by atoms with van der Waals surface area (Å²) < 4.78 is 11.0. The van der Waals surface area contributed by atoms with E-state index in [1.807, 2.05) is 0 Å². The van der Waals surface area contributed by atoms with Gasteiger partial charge in [0.15, 0.2) is 11.5 Å². The van der Waals surface area contributed by atoms with Crippen molar-refractivity contribution in [2.24, 2.45) is 5.41 Å². The Hall–Kier alpha value is -2.48. The lowest BCUT2D eigenvalue weighted by Gasteiger charge is -2.15. The first kappa shape index (κ1) is 14.9. The summed E-state index contributed by atoms with van der Waals surface area (Å²) >= 11 is 0. The third kappa shape index (κ3) is 3.99. The van der Waals surface area contributed by atoms with Gasteiger partial charge in [-0.25, -0.2) is 4.79 Å². The molecule has 1 aromatic carbocycles. The molecule has 0 unspecified atom stereocenters. The summed E-state index contributed by atoms with van der Waals surface area (Å²) in [6, 6.07) is 7.42. The first-order chi connectivity index (χ1) is 10.1. The van der Waals surface area contributed by atoms with E-state index >= 15 is 0 Å². The van der Waals surface area contributed by atoms with Crippen LogP contribution in [-0.2, 0) is 4.79 Å². The zero-order valence-electron chi connectivity index (χ0n) is 11.8. The van der Waals surface area contributed by atoms with Crippen molar-refractivity contribution < 1.29 is 19.4 Å². The van der Waals surface area contributed by atoms with E-state index in [9.17, 15) is 4.79 Å². The minimum absolute atomic E-state index is 0.0212. The van der Waals surface area contributed by atoms with Crippen molar-refractivity contribution in [1.29, 1.82) is 5.26 Å². The summed E-state index contributed by atoms with van der Waals surface area (Å²) in [6.07, 6.45) is 5.07. The van der Waals surface area contributed by atoms with Gasteiger partial charge in [-0.3, -0.25) is 0 Å². The standard InChI is InChI=1S/C16H17NO4/c1-20-13-4-2-12(3-5-15(18)19)10-14(13)21-11-16(6-7-16)8-9-17/h2-5,10H,6-8,11H2,1H3,(H,18,19). The van der Waals surface area contributed by atoms with E-state index in [2.05, 4.69) is 6.07 Å². The van der Waals surface area contributed by atoms with Crippen LogP contribution in [0, 0.1) is 16.7 Å². The molecule has 0 aromatic heterocycles. The Kier molecular flexibility index (Phi) is 4.49. The average Bonchev–Trinajstić information content (AvgIpc) is 3.23. The Morgan fingerprint density at radius 1 is 1.48 bits per heavy atom. The van der Waals surface area contributed by atoms with E-state index in [1.54, 1.807) is 25.3 Å². The molecule has 1 fully saturated rings. The molecule has 0 amide bonds. The lowest BCUT2D eigenvalue weighted by atomic mass is 10.1. The summed E-state index contributed by atoms with van der Waals surface area (Å²) in [5, 5.41) is 17.5. The van der Waals surface area contributed by atoms with Crippen molar-refractivity contribution >= 4 is 12.0 Å². The van der Waals surface area contributed by atoms with Gasteiger partial charge in [0.1, 0.15) is 0 Å². The van der Waals surface area contributed by atoms with Gasteiger partial charge >= 0.3 is 5.97 Å². The van der Waals surface area contributed by atoms with E-state index < -0.39 is 5.97 Å². The van der Waals surface area contributed by atoms with Crippen molar-refractivity contribution in [3.63, 3.8) is 0 Å². The van der Waals surface area contributed by atoms with E-state index in [4.69, 9.17) is 19.8 Å². The Morgan fingerprint density at radius 3 is 2.81 bits per heavy atom. The van der Waals surface area contributed by atoms with Gasteiger partial charge in [0.2, 0.25) is 0 Å². The third-order valence-electron chi connectivity index (χ3n) is 3.55. The molecule has 1 aliphatic rings. The molecule has 5 nitrogen and oxygen atoms in total. The highest BCUT2D eigenvalue weighted by Gasteiger charge is 2.43. The molecule has 0 saturated heterocycles. The van der Waals surface area contributed by atoms with Crippen molar-refractivity contribution in [3.8, 4) is 17.6 Å². The SMILES string of the molecule is COc1ccc(C=CC(=O)O)cc1OCC1(CC#N)CC1. The van der Waals surface area contributed by atoms with Crippen molar-refractivity contribution in [3.05, 3.63) is 29.8 Å². The molecule has 0 heterocycles. The molecule has 2 rings (SSSR count). The monoisotopic (exact) mass is 287 g/mol. The minimum atomic E-state index is -1.00. The van der Waals surface area contributed by atoms with Crippen molar-refractivity contribution in [1.82, 2.24) is 0 Å². The molecule has 0 spiro atoms. The fraction of sp³-hybridized carbons (Fsp3) is 0.375. The van der Waals surface area contributed by atoms with Gasteiger partial charge in [-0.2, -0.15) is 5.26 Å². The molecule has 0 aliphatic heterocycles. The third-order valence-corrected chi connectivity index (χ3v) is 3.55. The number of nitriles is 1. The van der Waals surface area contributed by atoms with Crippen LogP contribution in [0.5, 0.6) is 11.5 Å². The molecule has 0 radical (unpaired) electrons. The number of carbonyl (C=O) groups is 1. The van der Waals surface area contributed by atoms with E-state index in [1.165, 1.54) is 6.08 Å². The molecule has 1 aliphatic carbocycles. The number of ether oxygens (including phenoxy) is 2. The molecule has 110 valence electrons. The van der Waals surface area contributed by atoms with Gasteiger partial charge in [0.05, 0.1) is 19.8 Å². The number of rotatable bonds is 7. The summed E-state index contributed by atoms with van der Waals surface area (Å²) in [5.41, 5.74) is 0.700. The molecule has 1 saturated carbocycles. The van der Waals surface area contributed by atoms with Crippen LogP contribution < -0.4 is 9.47 Å². The number of carboxylic acid groups (broad SMARTS) is 1. The second kappa shape index (κ2) is 6.31. The van der Waals surface area contributed by atoms with Gasteiger partial charge in [0, 0.05) is 17.9 Å². The largest absolute Gasteiger partial charge is 0.493 e. The number of benzene rings is 1. The smallest absolute Gasteiger partial charge is 0.328 e.